The molecule has 5 nitrogen and oxygen atoms in total. The van der Waals surface area contributed by atoms with Gasteiger partial charge in [0.1, 0.15) is 5.82 Å². The first-order chi connectivity index (χ1) is 8.22. The Bertz CT molecular complexity index is 520. The lowest BCUT2D eigenvalue weighted by Gasteiger charge is -2.00. The predicted octanol–water partition coefficient (Wildman–Crippen LogP) is 2.26. The standard InChI is InChI=1S/C12H13N3O2/c1-3-17-12(16)15-9(2)13-11(14-15)10-7-5-4-6-8-10/h4-8H,3H2,1-2H3. The molecule has 0 amide bonds. The molecule has 0 radical (unpaired) electrons. The third kappa shape index (κ3) is 2.33. The van der Waals surface area contributed by atoms with Crippen molar-refractivity contribution in [3.8, 4) is 11.4 Å². The second-order valence-electron chi connectivity index (χ2n) is 3.46. The molecule has 0 bridgehead atoms. The number of aryl methyl sites for hydroxylation is 1. The van der Waals surface area contributed by atoms with Crippen LogP contribution in [-0.2, 0) is 4.74 Å². The highest BCUT2D eigenvalue weighted by Gasteiger charge is 2.14. The van der Waals surface area contributed by atoms with E-state index >= 15 is 0 Å². The van der Waals surface area contributed by atoms with Crippen molar-refractivity contribution in [1.29, 1.82) is 0 Å². The van der Waals surface area contributed by atoms with Gasteiger partial charge < -0.3 is 4.74 Å². The predicted molar refractivity (Wildman–Crippen MR) is 62.6 cm³/mol. The monoisotopic (exact) mass is 231 g/mol. The number of hydrogen-bond donors (Lipinski definition) is 0. The minimum Gasteiger partial charge on any atom is -0.448 e. The molecular formula is C12H13N3O2. The zero-order chi connectivity index (χ0) is 12.3. The van der Waals surface area contributed by atoms with Crippen LogP contribution in [0.2, 0.25) is 0 Å². The third-order valence-electron chi connectivity index (χ3n) is 2.24. The summed E-state index contributed by atoms with van der Waals surface area (Å²) in [6, 6.07) is 9.50. The third-order valence-corrected chi connectivity index (χ3v) is 2.24. The maximum Gasteiger partial charge on any atom is 0.436 e. The summed E-state index contributed by atoms with van der Waals surface area (Å²) in [5.74, 6) is 1.04. The van der Waals surface area contributed by atoms with E-state index in [-0.39, 0.29) is 0 Å². The second-order valence-corrected chi connectivity index (χ2v) is 3.46. The van der Waals surface area contributed by atoms with Crippen molar-refractivity contribution in [2.75, 3.05) is 6.61 Å². The smallest absolute Gasteiger partial charge is 0.436 e. The van der Waals surface area contributed by atoms with Gasteiger partial charge in [-0.05, 0) is 13.8 Å². The summed E-state index contributed by atoms with van der Waals surface area (Å²) in [5.41, 5.74) is 0.874. The van der Waals surface area contributed by atoms with Gasteiger partial charge in [-0.15, -0.1) is 9.78 Å². The lowest BCUT2D eigenvalue weighted by Crippen LogP contribution is -2.16. The molecule has 1 aromatic heterocycles. The summed E-state index contributed by atoms with van der Waals surface area (Å²) in [7, 11) is 0. The lowest BCUT2D eigenvalue weighted by atomic mass is 10.2. The van der Waals surface area contributed by atoms with Crippen LogP contribution in [0.1, 0.15) is 12.7 Å². The Labute approximate surface area is 99.1 Å². The van der Waals surface area contributed by atoms with Crippen LogP contribution in [0.25, 0.3) is 11.4 Å². The molecule has 88 valence electrons. The normalized spacial score (nSPS) is 10.2. The average molecular weight is 231 g/mol. The molecule has 2 rings (SSSR count). The van der Waals surface area contributed by atoms with E-state index in [0.29, 0.717) is 18.3 Å². The number of nitrogens with zero attached hydrogens (tertiary/aromatic N) is 3. The van der Waals surface area contributed by atoms with E-state index in [1.165, 1.54) is 4.68 Å². The van der Waals surface area contributed by atoms with E-state index in [2.05, 4.69) is 10.1 Å². The van der Waals surface area contributed by atoms with E-state index < -0.39 is 6.09 Å². The minimum absolute atomic E-state index is 0.318. The molecule has 1 aromatic carbocycles. The molecule has 5 heteroatoms. The van der Waals surface area contributed by atoms with Crippen LogP contribution in [0.3, 0.4) is 0 Å². The first-order valence-electron chi connectivity index (χ1n) is 5.38. The molecule has 0 saturated heterocycles. The zero-order valence-corrected chi connectivity index (χ0v) is 9.75. The van der Waals surface area contributed by atoms with Gasteiger partial charge in [0.05, 0.1) is 6.61 Å². The Balaban J connectivity index is 2.34. The SMILES string of the molecule is CCOC(=O)n1nc(-c2ccccc2)nc1C. The van der Waals surface area contributed by atoms with E-state index in [1.807, 2.05) is 30.3 Å². The molecule has 0 unspecified atom stereocenters. The minimum atomic E-state index is -0.500. The topological polar surface area (TPSA) is 57.0 Å². The lowest BCUT2D eigenvalue weighted by molar-refractivity contribution is 0.149. The van der Waals surface area contributed by atoms with Crippen LogP contribution in [0.4, 0.5) is 4.79 Å². The highest BCUT2D eigenvalue weighted by atomic mass is 16.6. The van der Waals surface area contributed by atoms with Crippen molar-refractivity contribution < 1.29 is 9.53 Å². The van der Waals surface area contributed by atoms with Crippen molar-refractivity contribution in [2.24, 2.45) is 0 Å². The second kappa shape index (κ2) is 4.78. The van der Waals surface area contributed by atoms with Gasteiger partial charge in [-0.3, -0.25) is 0 Å². The Morgan fingerprint density at radius 1 is 1.35 bits per heavy atom. The Morgan fingerprint density at radius 2 is 2.06 bits per heavy atom. The molecule has 0 spiro atoms. The van der Waals surface area contributed by atoms with E-state index in [4.69, 9.17) is 4.74 Å². The first-order valence-corrected chi connectivity index (χ1v) is 5.38. The molecule has 0 fully saturated rings. The molecule has 17 heavy (non-hydrogen) atoms. The summed E-state index contributed by atoms with van der Waals surface area (Å²) in [6.07, 6.45) is -0.500. The fraction of sp³-hybridized carbons (Fsp3) is 0.250. The van der Waals surface area contributed by atoms with Gasteiger partial charge in [-0.25, -0.2) is 9.78 Å². The van der Waals surface area contributed by atoms with E-state index in [0.717, 1.165) is 5.56 Å². The molecule has 0 aliphatic rings. The van der Waals surface area contributed by atoms with Gasteiger partial charge in [0, 0.05) is 5.56 Å². The largest absolute Gasteiger partial charge is 0.448 e. The Kier molecular flexibility index (Phi) is 3.18. The van der Waals surface area contributed by atoms with Crippen LogP contribution >= 0.6 is 0 Å². The van der Waals surface area contributed by atoms with Crippen molar-refractivity contribution >= 4 is 6.09 Å². The number of rotatable bonds is 2. The molecular weight excluding hydrogens is 218 g/mol. The highest BCUT2D eigenvalue weighted by molar-refractivity contribution is 5.70. The molecule has 0 N–H and O–H groups in total. The van der Waals surface area contributed by atoms with Crippen molar-refractivity contribution in [3.05, 3.63) is 36.2 Å². The maximum absolute atomic E-state index is 11.5. The van der Waals surface area contributed by atoms with Gasteiger partial charge in [0.15, 0.2) is 5.82 Å². The number of carbonyl (C=O) groups excluding carboxylic acids is 1. The summed E-state index contributed by atoms with van der Waals surface area (Å²) >= 11 is 0. The number of benzene rings is 1. The number of ether oxygens (including phenoxy) is 1. The van der Waals surface area contributed by atoms with Crippen LogP contribution < -0.4 is 0 Å². The first kappa shape index (κ1) is 11.3. The van der Waals surface area contributed by atoms with Crippen LogP contribution in [0.15, 0.2) is 30.3 Å². The van der Waals surface area contributed by atoms with Gasteiger partial charge in [0.2, 0.25) is 0 Å². The summed E-state index contributed by atoms with van der Waals surface area (Å²) < 4.78 is 6.05. The Morgan fingerprint density at radius 3 is 2.71 bits per heavy atom. The van der Waals surface area contributed by atoms with Crippen LogP contribution in [0.5, 0.6) is 0 Å². The maximum atomic E-state index is 11.5. The van der Waals surface area contributed by atoms with Crippen LogP contribution in [0, 0.1) is 6.92 Å². The molecule has 1 heterocycles. The van der Waals surface area contributed by atoms with Gasteiger partial charge >= 0.3 is 6.09 Å². The average Bonchev–Trinajstić information content (AvgIpc) is 2.73. The Hall–Kier alpha value is -2.17. The number of hydrogen-bond acceptors (Lipinski definition) is 4. The molecule has 0 aliphatic heterocycles. The molecule has 0 atom stereocenters. The van der Waals surface area contributed by atoms with Gasteiger partial charge in [0.25, 0.3) is 0 Å². The van der Waals surface area contributed by atoms with Crippen molar-refractivity contribution in [1.82, 2.24) is 14.8 Å². The van der Waals surface area contributed by atoms with Crippen molar-refractivity contribution in [3.63, 3.8) is 0 Å². The van der Waals surface area contributed by atoms with Crippen LogP contribution in [-0.4, -0.2) is 27.5 Å². The van der Waals surface area contributed by atoms with E-state index in [9.17, 15) is 4.79 Å². The summed E-state index contributed by atoms with van der Waals surface area (Å²) in [5, 5.41) is 4.13. The summed E-state index contributed by atoms with van der Waals surface area (Å²) in [4.78, 5) is 15.8. The zero-order valence-electron chi connectivity index (χ0n) is 9.75. The highest BCUT2D eigenvalue weighted by Crippen LogP contribution is 2.14. The number of aromatic nitrogens is 3. The summed E-state index contributed by atoms with van der Waals surface area (Å²) in [6.45, 7) is 3.79. The fourth-order valence-corrected chi connectivity index (χ4v) is 1.46. The van der Waals surface area contributed by atoms with Gasteiger partial charge in [-0.2, -0.15) is 0 Å². The fourth-order valence-electron chi connectivity index (χ4n) is 1.46. The molecule has 0 aliphatic carbocycles. The molecule has 2 aromatic rings. The number of carbonyl (C=O) groups is 1. The van der Waals surface area contributed by atoms with E-state index in [1.54, 1.807) is 13.8 Å². The molecule has 0 saturated carbocycles. The quantitative estimate of drug-likeness (QED) is 0.795. The van der Waals surface area contributed by atoms with Crippen molar-refractivity contribution in [2.45, 2.75) is 13.8 Å². The van der Waals surface area contributed by atoms with Gasteiger partial charge in [-0.1, -0.05) is 30.3 Å².